The molecule has 0 unspecified atom stereocenters. The number of piperazine rings is 1. The molecule has 2 aliphatic rings. The van der Waals surface area contributed by atoms with Gasteiger partial charge in [0.2, 0.25) is 0 Å². The molecule has 180 valence electrons. The van der Waals surface area contributed by atoms with E-state index in [0.717, 1.165) is 38.1 Å². The SMILES string of the molecule is C=C(N=C(/C=C(\N)c1ccc(F)c(F)c1)N1CCN(c2nccnc2Cl)C[C@@H]1C)N1CCCC1. The molecule has 0 bridgehead atoms. The Morgan fingerprint density at radius 2 is 1.88 bits per heavy atom. The molecule has 0 saturated carbocycles. The maximum absolute atomic E-state index is 13.8. The molecule has 1 aromatic carbocycles. The quantitative estimate of drug-likeness (QED) is 0.509. The van der Waals surface area contributed by atoms with Gasteiger partial charge in [0, 0.05) is 68.5 Å². The molecule has 10 heteroatoms. The van der Waals surface area contributed by atoms with Crippen LogP contribution < -0.4 is 10.6 Å². The van der Waals surface area contributed by atoms with Gasteiger partial charge in [0.05, 0.1) is 0 Å². The second-order valence-electron chi connectivity index (χ2n) is 8.47. The Kier molecular flexibility index (Phi) is 7.31. The topological polar surface area (TPSA) is 73.9 Å². The molecule has 0 radical (unpaired) electrons. The molecule has 2 aliphatic heterocycles. The molecule has 7 nitrogen and oxygen atoms in total. The van der Waals surface area contributed by atoms with Gasteiger partial charge >= 0.3 is 0 Å². The van der Waals surface area contributed by atoms with E-state index in [4.69, 9.17) is 22.3 Å². The summed E-state index contributed by atoms with van der Waals surface area (Å²) in [4.78, 5) is 19.7. The van der Waals surface area contributed by atoms with Crippen molar-refractivity contribution in [3.05, 3.63) is 71.4 Å². The minimum absolute atomic E-state index is 0.0333. The van der Waals surface area contributed by atoms with Crippen LogP contribution in [0.2, 0.25) is 5.15 Å². The van der Waals surface area contributed by atoms with Gasteiger partial charge < -0.3 is 20.4 Å². The van der Waals surface area contributed by atoms with E-state index in [1.807, 2.05) is 0 Å². The molecule has 3 heterocycles. The number of rotatable bonds is 5. The summed E-state index contributed by atoms with van der Waals surface area (Å²) in [5.74, 6) is 0.0642. The molecule has 1 aromatic heterocycles. The van der Waals surface area contributed by atoms with Crippen molar-refractivity contribution in [2.75, 3.05) is 37.6 Å². The largest absolute Gasteiger partial charge is 0.398 e. The van der Waals surface area contributed by atoms with Crippen LogP contribution in [-0.2, 0) is 0 Å². The van der Waals surface area contributed by atoms with Crippen molar-refractivity contribution in [1.29, 1.82) is 0 Å². The lowest BCUT2D eigenvalue weighted by Gasteiger charge is -2.41. The molecular weight excluding hydrogens is 460 g/mol. The fraction of sp³-hybridized carbons (Fsp3) is 0.375. The maximum Gasteiger partial charge on any atom is 0.171 e. The molecule has 0 spiro atoms. The smallest absolute Gasteiger partial charge is 0.171 e. The van der Waals surface area contributed by atoms with Crippen LogP contribution in [0, 0.1) is 11.6 Å². The zero-order chi connectivity index (χ0) is 24.2. The van der Waals surface area contributed by atoms with E-state index < -0.39 is 11.6 Å². The first-order chi connectivity index (χ1) is 16.3. The van der Waals surface area contributed by atoms with Crippen LogP contribution in [0.15, 0.2) is 54.1 Å². The third kappa shape index (κ3) is 5.30. The molecular formula is C24H28ClF2N7. The molecule has 4 rings (SSSR count). The van der Waals surface area contributed by atoms with E-state index in [2.05, 4.69) is 38.2 Å². The number of likely N-dealkylation sites (tertiary alicyclic amines) is 1. The number of amidine groups is 1. The van der Waals surface area contributed by atoms with Crippen molar-refractivity contribution in [2.24, 2.45) is 10.7 Å². The summed E-state index contributed by atoms with van der Waals surface area (Å²) < 4.78 is 27.2. The predicted molar refractivity (Wildman–Crippen MR) is 131 cm³/mol. The number of nitrogens with zero attached hydrogens (tertiary/aromatic N) is 6. The summed E-state index contributed by atoms with van der Waals surface area (Å²) in [5, 5.41) is 0.363. The van der Waals surface area contributed by atoms with Gasteiger partial charge in [-0.25, -0.2) is 23.7 Å². The number of hydrogen-bond donors (Lipinski definition) is 1. The normalized spacial score (nSPS) is 19.6. The van der Waals surface area contributed by atoms with E-state index in [1.54, 1.807) is 18.5 Å². The first kappa shape index (κ1) is 23.9. The summed E-state index contributed by atoms with van der Waals surface area (Å²) in [6.07, 6.45) is 7.09. The van der Waals surface area contributed by atoms with Gasteiger partial charge in [-0.2, -0.15) is 0 Å². The average Bonchev–Trinajstić information content (AvgIpc) is 3.36. The van der Waals surface area contributed by atoms with Crippen molar-refractivity contribution < 1.29 is 8.78 Å². The Bertz CT molecular complexity index is 1110. The lowest BCUT2D eigenvalue weighted by Crippen LogP contribution is -2.54. The van der Waals surface area contributed by atoms with Crippen LogP contribution in [0.1, 0.15) is 25.3 Å². The number of nitrogens with two attached hydrogens (primary N) is 1. The molecule has 2 fully saturated rings. The summed E-state index contributed by atoms with van der Waals surface area (Å²) in [5.41, 5.74) is 6.98. The van der Waals surface area contributed by atoms with Gasteiger partial charge in [0.1, 0.15) is 11.7 Å². The molecule has 1 atom stereocenters. The van der Waals surface area contributed by atoms with Crippen LogP contribution >= 0.6 is 11.6 Å². The zero-order valence-electron chi connectivity index (χ0n) is 19.1. The molecule has 2 aromatic rings. The summed E-state index contributed by atoms with van der Waals surface area (Å²) >= 11 is 6.25. The fourth-order valence-corrected chi connectivity index (χ4v) is 4.50. The van der Waals surface area contributed by atoms with Gasteiger partial charge in [0.15, 0.2) is 22.6 Å². The number of halogens is 3. The van der Waals surface area contributed by atoms with Crippen molar-refractivity contribution in [1.82, 2.24) is 19.8 Å². The molecule has 0 aliphatic carbocycles. The Hall–Kier alpha value is -3.20. The van der Waals surface area contributed by atoms with Crippen LogP contribution in [0.4, 0.5) is 14.6 Å². The van der Waals surface area contributed by atoms with Crippen molar-refractivity contribution in [3.8, 4) is 0 Å². The maximum atomic E-state index is 13.8. The van der Waals surface area contributed by atoms with Gasteiger partial charge in [-0.05, 0) is 38.0 Å². The van der Waals surface area contributed by atoms with Crippen molar-refractivity contribution in [2.45, 2.75) is 25.8 Å². The van der Waals surface area contributed by atoms with Crippen LogP contribution in [0.25, 0.3) is 5.70 Å². The lowest BCUT2D eigenvalue weighted by molar-refractivity contribution is 0.297. The minimum Gasteiger partial charge on any atom is -0.398 e. The molecule has 2 saturated heterocycles. The highest BCUT2D eigenvalue weighted by Crippen LogP contribution is 2.25. The zero-order valence-corrected chi connectivity index (χ0v) is 19.8. The third-order valence-corrected chi connectivity index (χ3v) is 6.38. The highest BCUT2D eigenvalue weighted by atomic mass is 35.5. The Morgan fingerprint density at radius 1 is 1.15 bits per heavy atom. The number of anilines is 1. The molecule has 0 amide bonds. The Labute approximate surface area is 203 Å². The first-order valence-corrected chi connectivity index (χ1v) is 11.6. The van der Waals surface area contributed by atoms with Gasteiger partial charge in [-0.3, -0.25) is 0 Å². The van der Waals surface area contributed by atoms with E-state index in [1.165, 1.54) is 6.07 Å². The predicted octanol–water partition coefficient (Wildman–Crippen LogP) is 3.88. The highest BCUT2D eigenvalue weighted by Gasteiger charge is 2.28. The molecule has 2 N–H and O–H groups in total. The lowest BCUT2D eigenvalue weighted by atomic mass is 10.1. The van der Waals surface area contributed by atoms with Gasteiger partial charge in [-0.15, -0.1) is 0 Å². The van der Waals surface area contributed by atoms with Gasteiger partial charge in [-0.1, -0.05) is 18.2 Å². The first-order valence-electron chi connectivity index (χ1n) is 11.3. The van der Waals surface area contributed by atoms with E-state index in [-0.39, 0.29) is 6.04 Å². The average molecular weight is 488 g/mol. The number of aromatic nitrogens is 2. The van der Waals surface area contributed by atoms with E-state index in [0.29, 0.717) is 53.5 Å². The minimum atomic E-state index is -0.948. The highest BCUT2D eigenvalue weighted by molar-refractivity contribution is 6.31. The number of aliphatic imine (C=N–C) groups is 1. The van der Waals surface area contributed by atoms with Gasteiger partial charge in [0.25, 0.3) is 0 Å². The van der Waals surface area contributed by atoms with Crippen LogP contribution in [0.3, 0.4) is 0 Å². The Morgan fingerprint density at radius 3 is 2.56 bits per heavy atom. The van der Waals surface area contributed by atoms with Crippen molar-refractivity contribution >= 4 is 29.0 Å². The second kappa shape index (κ2) is 10.4. The molecule has 34 heavy (non-hydrogen) atoms. The number of benzene rings is 1. The Balaban J connectivity index is 1.62. The third-order valence-electron chi connectivity index (χ3n) is 6.11. The monoisotopic (exact) mass is 487 g/mol. The summed E-state index contributed by atoms with van der Waals surface area (Å²) in [7, 11) is 0. The van der Waals surface area contributed by atoms with E-state index >= 15 is 0 Å². The van der Waals surface area contributed by atoms with Crippen molar-refractivity contribution in [3.63, 3.8) is 0 Å². The van der Waals surface area contributed by atoms with E-state index in [9.17, 15) is 8.78 Å². The summed E-state index contributed by atoms with van der Waals surface area (Å²) in [6.45, 7) is 9.98. The fourth-order valence-electron chi connectivity index (χ4n) is 4.27. The second-order valence-corrected chi connectivity index (χ2v) is 8.83. The van der Waals surface area contributed by atoms with Crippen LogP contribution in [-0.4, -0.2) is 64.4 Å². The summed E-state index contributed by atoms with van der Waals surface area (Å²) in [6, 6.07) is 3.64. The standard InChI is InChI=1S/C24H28ClF2N7/c1-16-15-33(24-23(25)29-7-8-30-24)11-12-34(16)22(31-17(2)32-9-3-4-10-32)14-21(28)18-5-6-19(26)20(27)13-18/h5-8,13-14,16H,2-4,9-12,15,28H2,1H3/b21-14-,31-22?/t16-/m0/s1. The number of hydrogen-bond acceptors (Lipinski definition) is 6. The van der Waals surface area contributed by atoms with Crippen LogP contribution in [0.5, 0.6) is 0 Å².